The predicted molar refractivity (Wildman–Crippen MR) is 88.0 cm³/mol. The second kappa shape index (κ2) is 5.58. The Bertz CT molecular complexity index is 841. The molecule has 7 nitrogen and oxygen atoms in total. The Hall–Kier alpha value is -2.54. The molecule has 118 valence electrons. The van der Waals surface area contributed by atoms with Crippen molar-refractivity contribution >= 4 is 11.6 Å². The van der Waals surface area contributed by atoms with Gasteiger partial charge in [-0.1, -0.05) is 0 Å². The van der Waals surface area contributed by atoms with Crippen molar-refractivity contribution in [2.24, 2.45) is 5.73 Å². The van der Waals surface area contributed by atoms with E-state index in [4.69, 9.17) is 5.73 Å². The van der Waals surface area contributed by atoms with Gasteiger partial charge in [-0.25, -0.2) is 19.5 Å². The van der Waals surface area contributed by atoms with Gasteiger partial charge in [0.25, 0.3) is 0 Å². The molecule has 3 heterocycles. The zero-order chi connectivity index (χ0) is 15.8. The van der Waals surface area contributed by atoms with Gasteiger partial charge in [-0.05, 0) is 38.3 Å². The summed E-state index contributed by atoms with van der Waals surface area (Å²) < 4.78 is 1.76. The first-order valence-corrected chi connectivity index (χ1v) is 7.85. The molecule has 1 aliphatic rings. The number of hydrogen-bond donors (Lipinski definition) is 2. The van der Waals surface area contributed by atoms with Crippen LogP contribution in [0, 0.1) is 6.92 Å². The van der Waals surface area contributed by atoms with Crippen LogP contribution in [0.5, 0.6) is 0 Å². The first kappa shape index (κ1) is 14.1. The fourth-order valence-corrected chi connectivity index (χ4v) is 3.03. The van der Waals surface area contributed by atoms with Crippen LogP contribution in [0.15, 0.2) is 30.7 Å². The number of nitrogens with zero attached hydrogens (tertiary/aromatic N) is 5. The lowest BCUT2D eigenvalue weighted by Crippen LogP contribution is -2.21. The van der Waals surface area contributed by atoms with E-state index >= 15 is 0 Å². The van der Waals surface area contributed by atoms with Gasteiger partial charge < -0.3 is 11.1 Å². The number of hydrogen-bond acceptors (Lipinski definition) is 6. The average Bonchev–Trinajstić information content (AvgIpc) is 3.14. The van der Waals surface area contributed by atoms with Crippen LogP contribution in [0.4, 0.5) is 5.95 Å². The monoisotopic (exact) mass is 309 g/mol. The molecule has 4 rings (SSSR count). The van der Waals surface area contributed by atoms with Crippen molar-refractivity contribution in [2.45, 2.75) is 38.3 Å². The van der Waals surface area contributed by atoms with Gasteiger partial charge in [0.05, 0.1) is 17.6 Å². The minimum Gasteiger partial charge on any atom is -0.351 e. The summed E-state index contributed by atoms with van der Waals surface area (Å²) in [6, 6.07) is 4.42. The van der Waals surface area contributed by atoms with Crippen molar-refractivity contribution in [1.82, 2.24) is 24.6 Å². The van der Waals surface area contributed by atoms with Gasteiger partial charge >= 0.3 is 0 Å². The van der Waals surface area contributed by atoms with Crippen molar-refractivity contribution in [3.05, 3.63) is 36.3 Å². The van der Waals surface area contributed by atoms with Crippen LogP contribution < -0.4 is 11.1 Å². The maximum absolute atomic E-state index is 5.96. The standard InChI is InChI=1S/C16H19N7/c1-10-9-19-23-7-5-14(21-15(10)23)13-4-6-18-16(22-13)20-12-3-2-11(17)8-12/h4-7,9,11-12H,2-3,8,17H2,1H3,(H,18,20,22)/t11-,12-/m0/s1. The summed E-state index contributed by atoms with van der Waals surface area (Å²) in [7, 11) is 0. The third-order valence-electron chi connectivity index (χ3n) is 4.27. The highest BCUT2D eigenvalue weighted by atomic mass is 15.2. The molecular formula is C16H19N7. The van der Waals surface area contributed by atoms with E-state index in [-0.39, 0.29) is 6.04 Å². The second-order valence-corrected chi connectivity index (χ2v) is 6.09. The van der Waals surface area contributed by atoms with E-state index in [0.29, 0.717) is 12.0 Å². The Balaban J connectivity index is 1.62. The minimum atomic E-state index is 0.282. The van der Waals surface area contributed by atoms with Crippen LogP contribution in [0.1, 0.15) is 24.8 Å². The van der Waals surface area contributed by atoms with Gasteiger partial charge in [-0.2, -0.15) is 5.10 Å². The highest BCUT2D eigenvalue weighted by Gasteiger charge is 2.22. The molecule has 0 spiro atoms. The second-order valence-electron chi connectivity index (χ2n) is 6.09. The van der Waals surface area contributed by atoms with Crippen LogP contribution in [0.3, 0.4) is 0 Å². The quantitative estimate of drug-likeness (QED) is 0.766. The molecule has 7 heteroatoms. The predicted octanol–water partition coefficient (Wildman–Crippen LogP) is 1.79. The lowest BCUT2D eigenvalue weighted by atomic mass is 10.2. The lowest BCUT2D eigenvalue weighted by molar-refractivity contribution is 0.685. The fourth-order valence-electron chi connectivity index (χ4n) is 3.03. The number of anilines is 1. The van der Waals surface area contributed by atoms with Crippen LogP contribution in [0.25, 0.3) is 17.0 Å². The van der Waals surface area contributed by atoms with Crippen LogP contribution in [-0.2, 0) is 0 Å². The number of nitrogens with two attached hydrogens (primary N) is 1. The van der Waals surface area contributed by atoms with E-state index in [1.807, 2.05) is 31.5 Å². The van der Waals surface area contributed by atoms with Gasteiger partial charge in [0.2, 0.25) is 5.95 Å². The van der Waals surface area contributed by atoms with Gasteiger partial charge in [0.15, 0.2) is 5.65 Å². The van der Waals surface area contributed by atoms with Gasteiger partial charge in [-0.3, -0.25) is 0 Å². The summed E-state index contributed by atoms with van der Waals surface area (Å²) in [4.78, 5) is 13.6. The minimum absolute atomic E-state index is 0.282. The Morgan fingerprint density at radius 3 is 2.91 bits per heavy atom. The van der Waals surface area contributed by atoms with E-state index in [1.54, 1.807) is 10.7 Å². The molecule has 0 aromatic carbocycles. The molecule has 1 aliphatic carbocycles. The molecule has 23 heavy (non-hydrogen) atoms. The van der Waals surface area contributed by atoms with E-state index in [0.717, 1.165) is 41.9 Å². The molecule has 0 bridgehead atoms. The fraction of sp³-hybridized carbons (Fsp3) is 0.375. The van der Waals surface area contributed by atoms with Crippen molar-refractivity contribution in [3.8, 4) is 11.4 Å². The molecule has 1 fully saturated rings. The van der Waals surface area contributed by atoms with E-state index in [9.17, 15) is 0 Å². The van der Waals surface area contributed by atoms with Crippen LogP contribution in [0.2, 0.25) is 0 Å². The smallest absolute Gasteiger partial charge is 0.223 e. The molecule has 2 atom stereocenters. The summed E-state index contributed by atoms with van der Waals surface area (Å²) in [5.41, 5.74) is 9.46. The number of nitrogens with one attached hydrogen (secondary N) is 1. The normalized spacial score (nSPS) is 21.0. The Morgan fingerprint density at radius 1 is 1.22 bits per heavy atom. The van der Waals surface area contributed by atoms with Gasteiger partial charge in [-0.15, -0.1) is 0 Å². The lowest BCUT2D eigenvalue weighted by Gasteiger charge is -2.12. The van der Waals surface area contributed by atoms with Gasteiger partial charge in [0, 0.05) is 30.0 Å². The molecule has 0 unspecified atom stereocenters. The van der Waals surface area contributed by atoms with Crippen molar-refractivity contribution < 1.29 is 0 Å². The third-order valence-corrected chi connectivity index (χ3v) is 4.27. The first-order valence-electron chi connectivity index (χ1n) is 7.85. The maximum atomic E-state index is 5.96. The van der Waals surface area contributed by atoms with Crippen molar-refractivity contribution in [2.75, 3.05) is 5.32 Å². The summed E-state index contributed by atoms with van der Waals surface area (Å²) in [6.45, 7) is 2.00. The van der Waals surface area contributed by atoms with Crippen LogP contribution in [-0.4, -0.2) is 36.6 Å². The Kier molecular flexibility index (Phi) is 3.42. The summed E-state index contributed by atoms with van der Waals surface area (Å²) in [6.07, 6.45) is 8.55. The average molecular weight is 309 g/mol. The van der Waals surface area contributed by atoms with E-state index in [1.165, 1.54) is 0 Å². The van der Waals surface area contributed by atoms with E-state index in [2.05, 4.69) is 25.4 Å². The topological polar surface area (TPSA) is 94.0 Å². The maximum Gasteiger partial charge on any atom is 0.223 e. The number of aromatic nitrogens is 5. The molecule has 3 N–H and O–H groups in total. The van der Waals surface area contributed by atoms with Crippen LogP contribution >= 0.6 is 0 Å². The molecule has 0 aliphatic heterocycles. The Morgan fingerprint density at radius 2 is 2.09 bits per heavy atom. The molecule has 3 aromatic rings. The molecular weight excluding hydrogens is 290 g/mol. The molecule has 0 amide bonds. The summed E-state index contributed by atoms with van der Waals surface area (Å²) in [5.74, 6) is 0.633. The zero-order valence-corrected chi connectivity index (χ0v) is 13.0. The first-order chi connectivity index (χ1) is 11.2. The largest absolute Gasteiger partial charge is 0.351 e. The van der Waals surface area contributed by atoms with Crippen molar-refractivity contribution in [3.63, 3.8) is 0 Å². The third kappa shape index (κ3) is 2.75. The highest BCUT2D eigenvalue weighted by molar-refractivity contribution is 5.59. The molecule has 0 saturated heterocycles. The zero-order valence-electron chi connectivity index (χ0n) is 13.0. The molecule has 3 aromatic heterocycles. The Labute approximate surface area is 134 Å². The molecule has 0 radical (unpaired) electrons. The number of fused-ring (bicyclic) bond motifs is 1. The van der Waals surface area contributed by atoms with Gasteiger partial charge in [0.1, 0.15) is 0 Å². The SMILES string of the molecule is Cc1cnn2ccc(-c3ccnc(N[C@H]4CC[C@H](N)C4)n3)nc12. The molecule has 1 saturated carbocycles. The summed E-state index contributed by atoms with van der Waals surface area (Å²) >= 11 is 0. The van der Waals surface area contributed by atoms with E-state index < -0.39 is 0 Å². The highest BCUT2D eigenvalue weighted by Crippen LogP contribution is 2.22. The number of aryl methyl sites for hydroxylation is 1. The number of rotatable bonds is 3. The van der Waals surface area contributed by atoms with Crippen molar-refractivity contribution in [1.29, 1.82) is 0 Å². The summed E-state index contributed by atoms with van der Waals surface area (Å²) in [5, 5.41) is 7.62.